The molecule has 1 amide bonds. The van der Waals surface area contributed by atoms with Gasteiger partial charge in [0.05, 0.1) is 10.6 Å². The first-order valence-electron chi connectivity index (χ1n) is 11.4. The lowest BCUT2D eigenvalue weighted by atomic mass is 9.97. The largest absolute Gasteiger partial charge is 0.326 e. The highest BCUT2D eigenvalue weighted by Gasteiger charge is 2.31. The Labute approximate surface area is 224 Å². The van der Waals surface area contributed by atoms with Crippen LogP contribution in [0.15, 0.2) is 82.2 Å². The van der Waals surface area contributed by atoms with E-state index in [1.807, 2.05) is 0 Å². The minimum Gasteiger partial charge on any atom is -0.326 e. The molecule has 8 nitrogen and oxygen atoms in total. The van der Waals surface area contributed by atoms with Crippen LogP contribution in [0, 0.1) is 11.7 Å². The Kier molecular flexibility index (Phi) is 8.32. The van der Waals surface area contributed by atoms with Crippen LogP contribution in [0.4, 0.5) is 15.8 Å². The molecule has 37 heavy (non-hydrogen) atoms. The number of anilines is 2. The van der Waals surface area contributed by atoms with Gasteiger partial charge in [-0.1, -0.05) is 28.1 Å². The van der Waals surface area contributed by atoms with Crippen molar-refractivity contribution in [1.82, 2.24) is 4.31 Å². The molecule has 0 saturated carbocycles. The number of amides is 1. The van der Waals surface area contributed by atoms with Crippen molar-refractivity contribution < 1.29 is 26.0 Å². The van der Waals surface area contributed by atoms with E-state index in [1.165, 1.54) is 40.7 Å². The number of hydrogen-bond donors (Lipinski definition) is 2. The van der Waals surface area contributed by atoms with Gasteiger partial charge in [0.25, 0.3) is 10.0 Å². The minimum atomic E-state index is -3.89. The van der Waals surface area contributed by atoms with Gasteiger partial charge in [0.15, 0.2) is 0 Å². The van der Waals surface area contributed by atoms with Crippen LogP contribution < -0.4 is 10.0 Å². The van der Waals surface area contributed by atoms with Crippen molar-refractivity contribution in [3.8, 4) is 0 Å². The molecule has 0 aliphatic carbocycles. The minimum absolute atomic E-state index is 0.0147. The summed E-state index contributed by atoms with van der Waals surface area (Å²) in [6.45, 7) is 0.506. The summed E-state index contributed by atoms with van der Waals surface area (Å²) >= 11 is 3.33. The van der Waals surface area contributed by atoms with Gasteiger partial charge < -0.3 is 5.32 Å². The second kappa shape index (κ2) is 11.3. The van der Waals surface area contributed by atoms with E-state index in [-0.39, 0.29) is 41.3 Å². The van der Waals surface area contributed by atoms with Crippen molar-refractivity contribution in [3.63, 3.8) is 0 Å². The zero-order chi connectivity index (χ0) is 26.6. The summed E-state index contributed by atoms with van der Waals surface area (Å²) in [5.74, 6) is -1.17. The topological polar surface area (TPSA) is 113 Å². The van der Waals surface area contributed by atoms with Gasteiger partial charge >= 0.3 is 0 Å². The lowest BCUT2D eigenvalue weighted by Gasteiger charge is -2.30. The first-order chi connectivity index (χ1) is 17.5. The fourth-order valence-corrected chi connectivity index (χ4v) is 6.86. The fourth-order valence-electron chi connectivity index (χ4n) is 3.97. The van der Waals surface area contributed by atoms with Gasteiger partial charge in [0, 0.05) is 34.9 Å². The van der Waals surface area contributed by atoms with E-state index >= 15 is 0 Å². The Morgan fingerprint density at radius 1 is 0.865 bits per heavy atom. The molecule has 3 aromatic carbocycles. The smallest absolute Gasteiger partial charge is 0.261 e. The normalized spacial score (nSPS) is 15.3. The van der Waals surface area contributed by atoms with Crippen molar-refractivity contribution in [2.24, 2.45) is 5.92 Å². The van der Waals surface area contributed by atoms with Crippen LogP contribution in [0.5, 0.6) is 0 Å². The van der Waals surface area contributed by atoms with Crippen LogP contribution in [0.3, 0.4) is 0 Å². The number of nitrogens with zero attached hydrogens (tertiary/aromatic N) is 1. The molecule has 0 bridgehead atoms. The maximum Gasteiger partial charge on any atom is 0.261 e. The molecule has 3 aromatic rings. The van der Waals surface area contributed by atoms with Crippen molar-refractivity contribution in [2.75, 3.05) is 23.1 Å². The molecular formula is C25H25BrFN3O5S2. The van der Waals surface area contributed by atoms with Crippen molar-refractivity contribution in [3.05, 3.63) is 88.6 Å². The van der Waals surface area contributed by atoms with Gasteiger partial charge in [-0.3, -0.25) is 9.52 Å². The Hall–Kier alpha value is -2.80. The monoisotopic (exact) mass is 609 g/mol. The standard InChI is InChI=1S/C25H25BrFN3O5S2/c26-20-3-1-18(2-4-20)17-36(32,33)30-15-13-19(14-16-30)25(31)28-22-9-11-24(12-10-22)37(34,35)29-23-7-5-21(27)6-8-23/h1-12,19,29H,13-17H2,(H,28,31). The lowest BCUT2D eigenvalue weighted by molar-refractivity contribution is -0.120. The van der Waals surface area contributed by atoms with Gasteiger partial charge in [-0.2, -0.15) is 0 Å². The van der Waals surface area contributed by atoms with E-state index in [9.17, 15) is 26.0 Å². The van der Waals surface area contributed by atoms with E-state index in [0.717, 1.165) is 16.6 Å². The van der Waals surface area contributed by atoms with Crippen LogP contribution in [-0.2, 0) is 30.6 Å². The molecule has 0 radical (unpaired) electrons. The number of rotatable bonds is 8. The van der Waals surface area contributed by atoms with Crippen LogP contribution >= 0.6 is 15.9 Å². The van der Waals surface area contributed by atoms with Crippen molar-refractivity contribution in [1.29, 1.82) is 0 Å². The predicted molar refractivity (Wildman–Crippen MR) is 143 cm³/mol. The molecule has 196 valence electrons. The molecule has 1 heterocycles. The third-order valence-electron chi connectivity index (χ3n) is 6.01. The number of carbonyl (C=O) groups excluding carboxylic acids is 1. The zero-order valence-electron chi connectivity index (χ0n) is 19.6. The maximum absolute atomic E-state index is 13.0. The summed E-state index contributed by atoms with van der Waals surface area (Å²) < 4.78 is 68.4. The molecule has 1 aliphatic rings. The van der Waals surface area contributed by atoms with Crippen LogP contribution in [-0.4, -0.2) is 40.1 Å². The van der Waals surface area contributed by atoms with Crippen LogP contribution in [0.2, 0.25) is 0 Å². The Bertz CT molecular complexity index is 1460. The summed E-state index contributed by atoms with van der Waals surface area (Å²) in [5.41, 5.74) is 1.35. The van der Waals surface area contributed by atoms with E-state index in [2.05, 4.69) is 26.0 Å². The van der Waals surface area contributed by atoms with E-state index in [4.69, 9.17) is 0 Å². The third-order valence-corrected chi connectivity index (χ3v) is 9.78. The molecule has 1 aliphatic heterocycles. The third kappa shape index (κ3) is 7.16. The summed E-state index contributed by atoms with van der Waals surface area (Å²) in [6, 6.07) is 17.7. The first kappa shape index (κ1) is 27.2. The van der Waals surface area contributed by atoms with Gasteiger partial charge in [0.1, 0.15) is 5.82 Å². The van der Waals surface area contributed by atoms with Crippen LogP contribution in [0.25, 0.3) is 0 Å². The number of sulfonamides is 2. The lowest BCUT2D eigenvalue weighted by Crippen LogP contribution is -2.41. The second-order valence-electron chi connectivity index (χ2n) is 8.68. The van der Waals surface area contributed by atoms with Gasteiger partial charge in [0.2, 0.25) is 15.9 Å². The molecule has 1 fully saturated rings. The second-order valence-corrected chi connectivity index (χ2v) is 13.2. The van der Waals surface area contributed by atoms with Crippen molar-refractivity contribution in [2.45, 2.75) is 23.5 Å². The van der Waals surface area contributed by atoms with Gasteiger partial charge in [-0.25, -0.2) is 25.5 Å². The summed E-state index contributed by atoms with van der Waals surface area (Å²) in [6.07, 6.45) is 0.777. The van der Waals surface area contributed by atoms with E-state index in [0.29, 0.717) is 24.1 Å². The molecule has 12 heteroatoms. The molecular weight excluding hydrogens is 585 g/mol. The molecule has 0 atom stereocenters. The highest BCUT2D eigenvalue weighted by atomic mass is 79.9. The number of halogens is 2. The van der Waals surface area contributed by atoms with E-state index in [1.54, 1.807) is 24.3 Å². The first-order valence-corrected chi connectivity index (χ1v) is 15.3. The average Bonchev–Trinajstić information content (AvgIpc) is 2.87. The zero-order valence-corrected chi connectivity index (χ0v) is 22.8. The molecule has 0 unspecified atom stereocenters. The number of nitrogens with one attached hydrogen (secondary N) is 2. The highest BCUT2D eigenvalue weighted by molar-refractivity contribution is 9.10. The predicted octanol–water partition coefficient (Wildman–Crippen LogP) is 4.57. The van der Waals surface area contributed by atoms with Gasteiger partial charge in [-0.05, 0) is 79.1 Å². The number of carbonyl (C=O) groups is 1. The highest BCUT2D eigenvalue weighted by Crippen LogP contribution is 2.24. The Morgan fingerprint density at radius 3 is 2.03 bits per heavy atom. The SMILES string of the molecule is O=C(Nc1ccc(S(=O)(=O)Nc2ccc(F)cc2)cc1)C1CCN(S(=O)(=O)Cc2ccc(Br)cc2)CC1. The molecule has 0 spiro atoms. The maximum atomic E-state index is 13.0. The number of piperidine rings is 1. The number of hydrogen-bond acceptors (Lipinski definition) is 5. The Balaban J connectivity index is 1.30. The van der Waals surface area contributed by atoms with Crippen molar-refractivity contribution >= 4 is 53.3 Å². The summed E-state index contributed by atoms with van der Waals surface area (Å²) in [7, 11) is -7.38. The summed E-state index contributed by atoms with van der Waals surface area (Å²) in [5, 5.41) is 2.78. The fraction of sp³-hybridized carbons (Fsp3) is 0.240. The number of benzene rings is 3. The van der Waals surface area contributed by atoms with Crippen LogP contribution in [0.1, 0.15) is 18.4 Å². The summed E-state index contributed by atoms with van der Waals surface area (Å²) in [4.78, 5) is 12.7. The Morgan fingerprint density at radius 2 is 1.43 bits per heavy atom. The van der Waals surface area contributed by atoms with Gasteiger partial charge in [-0.15, -0.1) is 0 Å². The quantitative estimate of drug-likeness (QED) is 0.388. The molecule has 1 saturated heterocycles. The average molecular weight is 611 g/mol. The molecule has 0 aromatic heterocycles. The van der Waals surface area contributed by atoms with E-state index < -0.39 is 25.9 Å². The molecule has 4 rings (SSSR count). The molecule has 2 N–H and O–H groups in total.